The number of nitrogens with zero attached hydrogens (tertiary/aromatic N) is 2. The average Bonchev–Trinajstić information content (AvgIpc) is 2.47. The minimum atomic E-state index is -4.72. The van der Waals surface area contributed by atoms with Crippen LogP contribution in [0.3, 0.4) is 0 Å². The van der Waals surface area contributed by atoms with Gasteiger partial charge in [0.1, 0.15) is 17.5 Å². The molecule has 0 saturated carbocycles. The Labute approximate surface area is 135 Å². The Morgan fingerprint density at radius 1 is 1.38 bits per heavy atom. The van der Waals surface area contributed by atoms with Crippen molar-refractivity contribution >= 4 is 11.8 Å². The summed E-state index contributed by atoms with van der Waals surface area (Å²) in [7, 11) is 1.42. The van der Waals surface area contributed by atoms with E-state index < -0.39 is 29.6 Å². The van der Waals surface area contributed by atoms with Crippen LogP contribution in [0.5, 0.6) is 0 Å². The highest BCUT2D eigenvalue weighted by molar-refractivity contribution is 6.05. The summed E-state index contributed by atoms with van der Waals surface area (Å²) in [6, 6.07) is 1.86. The van der Waals surface area contributed by atoms with Gasteiger partial charge in [0.05, 0.1) is 0 Å². The molecule has 0 bridgehead atoms. The molecule has 0 saturated heterocycles. The Balaban J connectivity index is 2.48. The lowest BCUT2D eigenvalue weighted by Gasteiger charge is -2.22. The van der Waals surface area contributed by atoms with Crippen LogP contribution in [0, 0.1) is 0 Å². The maximum atomic E-state index is 13.3. The van der Waals surface area contributed by atoms with Crippen molar-refractivity contribution < 1.29 is 27.4 Å². The lowest BCUT2D eigenvalue weighted by Crippen LogP contribution is -2.38. The van der Waals surface area contributed by atoms with Crippen molar-refractivity contribution in [1.82, 2.24) is 9.99 Å². The van der Waals surface area contributed by atoms with Gasteiger partial charge in [-0.15, -0.1) is 0 Å². The molecular formula is C14H16F3N3O4. The van der Waals surface area contributed by atoms with Crippen molar-refractivity contribution in [2.75, 3.05) is 13.7 Å². The van der Waals surface area contributed by atoms with Gasteiger partial charge in [0, 0.05) is 31.9 Å². The number of nitrogens with one attached hydrogen (secondary N) is 1. The zero-order chi connectivity index (χ0) is 17.9. The Bertz CT molecular complexity index is 712. The number of amides is 1. The third-order valence-electron chi connectivity index (χ3n) is 3.38. The number of alkyl halides is 3. The maximum absolute atomic E-state index is 13.3. The number of hydrogen-bond acceptors (Lipinski definition) is 5. The molecule has 1 aliphatic heterocycles. The predicted molar refractivity (Wildman–Crippen MR) is 77.8 cm³/mol. The number of hydrazone groups is 1. The van der Waals surface area contributed by atoms with Gasteiger partial charge in [0.15, 0.2) is 0 Å². The summed E-state index contributed by atoms with van der Waals surface area (Å²) in [4.78, 5) is 23.2. The molecule has 1 amide bonds. The summed E-state index contributed by atoms with van der Waals surface area (Å²) in [6.45, 7) is 1.56. The lowest BCUT2D eigenvalue weighted by molar-refractivity contribution is -0.144. The highest BCUT2D eigenvalue weighted by atomic mass is 19.4. The molecule has 0 aliphatic carbocycles. The van der Waals surface area contributed by atoms with E-state index >= 15 is 0 Å². The zero-order valence-electron chi connectivity index (χ0n) is 13.0. The number of cyclic esters (lactones) is 1. The molecule has 24 heavy (non-hydrogen) atoms. The second-order valence-corrected chi connectivity index (χ2v) is 5.12. The van der Waals surface area contributed by atoms with E-state index in [-0.39, 0.29) is 30.8 Å². The third kappa shape index (κ3) is 3.94. The van der Waals surface area contributed by atoms with Crippen LogP contribution in [-0.4, -0.2) is 36.2 Å². The fourth-order valence-electron chi connectivity index (χ4n) is 2.32. The fourth-order valence-corrected chi connectivity index (χ4v) is 2.32. The number of halogens is 3. The smallest absolute Gasteiger partial charge is 0.431 e. The first-order valence-corrected chi connectivity index (χ1v) is 7.09. The largest absolute Gasteiger partial charge is 0.439 e. The molecule has 0 aromatic carbocycles. The van der Waals surface area contributed by atoms with Gasteiger partial charge in [0.25, 0.3) is 5.56 Å². The monoisotopic (exact) mass is 347 g/mol. The van der Waals surface area contributed by atoms with E-state index in [1.807, 2.05) is 5.43 Å². The molecule has 2 rings (SSSR count). The number of carbonyl (C=O) groups excluding carboxylic acids is 1. The summed E-state index contributed by atoms with van der Waals surface area (Å²) < 4.78 is 50.2. The Kier molecular flexibility index (Phi) is 5.27. The lowest BCUT2D eigenvalue weighted by atomic mass is 10.1. The maximum Gasteiger partial charge on any atom is 0.431 e. The summed E-state index contributed by atoms with van der Waals surface area (Å²) in [6.07, 6.45) is -6.14. The third-order valence-corrected chi connectivity index (χ3v) is 3.38. The summed E-state index contributed by atoms with van der Waals surface area (Å²) in [5, 5.41) is 3.69. The van der Waals surface area contributed by atoms with Crippen LogP contribution in [0.15, 0.2) is 22.0 Å². The van der Waals surface area contributed by atoms with Crippen molar-refractivity contribution in [3.8, 4) is 0 Å². The van der Waals surface area contributed by atoms with Gasteiger partial charge in [-0.1, -0.05) is 0 Å². The van der Waals surface area contributed by atoms with Crippen LogP contribution in [0.1, 0.15) is 24.6 Å². The Hall–Kier alpha value is -2.36. The van der Waals surface area contributed by atoms with Crippen molar-refractivity contribution in [2.45, 2.75) is 32.2 Å². The van der Waals surface area contributed by atoms with E-state index in [2.05, 4.69) is 5.10 Å². The van der Waals surface area contributed by atoms with Crippen molar-refractivity contribution in [1.29, 1.82) is 0 Å². The van der Waals surface area contributed by atoms with E-state index in [4.69, 9.17) is 9.47 Å². The Morgan fingerprint density at radius 3 is 2.67 bits per heavy atom. The average molecular weight is 347 g/mol. The molecule has 1 aromatic heterocycles. The molecule has 0 radical (unpaired) electrons. The summed E-state index contributed by atoms with van der Waals surface area (Å²) in [5.74, 6) is 0. The molecule has 1 aromatic rings. The number of aromatic nitrogens is 1. The van der Waals surface area contributed by atoms with E-state index in [1.165, 1.54) is 14.0 Å². The number of rotatable bonds is 5. The number of ether oxygens (including phenoxy) is 2. The molecule has 132 valence electrons. The molecule has 1 aliphatic rings. The molecule has 0 fully saturated rings. The molecule has 10 heteroatoms. The van der Waals surface area contributed by atoms with E-state index in [9.17, 15) is 22.8 Å². The molecule has 1 N–H and O–H groups in total. The summed E-state index contributed by atoms with van der Waals surface area (Å²) in [5.41, 5.74) is 0.0984. The van der Waals surface area contributed by atoms with Crippen LogP contribution in [0.2, 0.25) is 0 Å². The minimum Gasteiger partial charge on any atom is -0.439 e. The van der Waals surface area contributed by atoms with Gasteiger partial charge in [0.2, 0.25) is 0 Å². The van der Waals surface area contributed by atoms with E-state index in [1.54, 1.807) is 0 Å². The normalized spacial score (nSPS) is 18.0. The van der Waals surface area contributed by atoms with Gasteiger partial charge < -0.3 is 14.0 Å². The number of methoxy groups -OCH3 is 1. The van der Waals surface area contributed by atoms with Crippen LogP contribution < -0.4 is 11.0 Å². The van der Waals surface area contributed by atoms with Crippen molar-refractivity contribution in [3.05, 3.63) is 33.7 Å². The first kappa shape index (κ1) is 18.0. The zero-order valence-corrected chi connectivity index (χ0v) is 13.0. The standard InChI is InChI=1S/C14H16F3N3O4/c1-8-12(18-19-13(22)24-8)9-6-10(14(15,16)17)20(11(21)7-9)4-3-5-23-2/h6-8H,3-5H2,1-2H3,(H,19,22)/t8-/m0/s1. The molecule has 0 spiro atoms. The highest BCUT2D eigenvalue weighted by Crippen LogP contribution is 2.29. The Morgan fingerprint density at radius 2 is 2.08 bits per heavy atom. The number of carbonyl (C=O) groups is 1. The van der Waals surface area contributed by atoms with Gasteiger partial charge in [-0.3, -0.25) is 4.79 Å². The van der Waals surface area contributed by atoms with Gasteiger partial charge in [-0.05, 0) is 19.4 Å². The van der Waals surface area contributed by atoms with E-state index in [0.717, 1.165) is 12.1 Å². The topological polar surface area (TPSA) is 81.9 Å². The van der Waals surface area contributed by atoms with Crippen LogP contribution in [-0.2, 0) is 22.2 Å². The fraction of sp³-hybridized carbons (Fsp3) is 0.500. The van der Waals surface area contributed by atoms with Gasteiger partial charge in [-0.2, -0.15) is 18.3 Å². The van der Waals surface area contributed by atoms with Crippen molar-refractivity contribution in [2.24, 2.45) is 5.10 Å². The highest BCUT2D eigenvalue weighted by Gasteiger charge is 2.36. The van der Waals surface area contributed by atoms with E-state index in [0.29, 0.717) is 4.57 Å². The molecule has 1 atom stereocenters. The molecule has 2 heterocycles. The first-order valence-electron chi connectivity index (χ1n) is 7.09. The molecule has 0 unspecified atom stereocenters. The number of pyridine rings is 1. The number of hydrogen-bond donors (Lipinski definition) is 1. The minimum absolute atomic E-state index is 0.0428. The summed E-state index contributed by atoms with van der Waals surface area (Å²) >= 11 is 0. The first-order chi connectivity index (χ1) is 11.2. The van der Waals surface area contributed by atoms with Crippen LogP contribution in [0.25, 0.3) is 0 Å². The molecule has 7 nitrogen and oxygen atoms in total. The van der Waals surface area contributed by atoms with Gasteiger partial charge >= 0.3 is 12.3 Å². The van der Waals surface area contributed by atoms with Crippen molar-refractivity contribution in [3.63, 3.8) is 0 Å². The predicted octanol–water partition coefficient (Wildman–Crippen LogP) is 1.74. The second-order valence-electron chi connectivity index (χ2n) is 5.12. The SMILES string of the molecule is COCCCn1c(C(F)(F)F)cc(C2=NNC(=O)O[C@H]2C)cc1=O. The second kappa shape index (κ2) is 7.04. The van der Waals surface area contributed by atoms with Crippen LogP contribution >= 0.6 is 0 Å². The molecular weight excluding hydrogens is 331 g/mol. The quantitative estimate of drug-likeness (QED) is 0.823. The van der Waals surface area contributed by atoms with Gasteiger partial charge in [-0.25, -0.2) is 10.2 Å². The van der Waals surface area contributed by atoms with Crippen LogP contribution in [0.4, 0.5) is 18.0 Å².